The number of cyclic esters (lactones) is 1. The summed E-state index contributed by atoms with van der Waals surface area (Å²) >= 11 is 0. The van der Waals surface area contributed by atoms with Crippen LogP contribution in [0.15, 0.2) is 30.3 Å². The normalized spacial score (nSPS) is 19.2. The number of amides is 2. The highest BCUT2D eigenvalue weighted by Gasteiger charge is 2.42. The average Bonchev–Trinajstić information content (AvgIpc) is 3.15. The molecule has 0 bridgehead atoms. The molecule has 2 fully saturated rings. The van der Waals surface area contributed by atoms with Crippen LogP contribution in [0.5, 0.6) is 0 Å². The molecule has 2 aliphatic heterocycles. The molecule has 10 nitrogen and oxygen atoms in total. The standard InChI is InChI=1S/C29H41FN6O4/c1-8-22(34-13-15-35(16-14-34)26(37)40-28(3,4)5)21-11-9-20(10-12-21)19(2)31-25-32-23(30)17-24(33-25)36-27(38)39-18-29(36,6)7/h9-12,17,19,22H,8,13-16,18H2,1-7H3,(H,31,32,33)/t19-,22?/m0/s1. The smallest absolute Gasteiger partial charge is 0.416 e. The van der Waals surface area contributed by atoms with Crippen LogP contribution in [-0.2, 0) is 9.47 Å². The third kappa shape index (κ3) is 6.80. The molecular formula is C29H41FN6O4. The van der Waals surface area contributed by atoms with Gasteiger partial charge in [-0.1, -0.05) is 31.2 Å². The van der Waals surface area contributed by atoms with Crippen molar-refractivity contribution in [3.63, 3.8) is 0 Å². The van der Waals surface area contributed by atoms with Crippen molar-refractivity contribution in [3.8, 4) is 0 Å². The average molecular weight is 557 g/mol. The second kappa shape index (κ2) is 11.6. The van der Waals surface area contributed by atoms with Gasteiger partial charge >= 0.3 is 12.2 Å². The highest BCUT2D eigenvalue weighted by molar-refractivity contribution is 5.90. The number of piperazine rings is 1. The molecule has 0 spiro atoms. The lowest BCUT2D eigenvalue weighted by Crippen LogP contribution is -2.50. The zero-order valence-electron chi connectivity index (χ0n) is 24.5. The maximum Gasteiger partial charge on any atom is 0.416 e. The minimum absolute atomic E-state index is 0.0939. The second-order valence-electron chi connectivity index (χ2n) is 12.0. The molecular weight excluding hydrogens is 515 g/mol. The number of carbonyl (C=O) groups excluding carboxylic acids is 2. The summed E-state index contributed by atoms with van der Waals surface area (Å²) in [7, 11) is 0. The lowest BCUT2D eigenvalue weighted by atomic mass is 9.98. The molecule has 1 aromatic carbocycles. The lowest BCUT2D eigenvalue weighted by Gasteiger charge is -2.39. The molecule has 2 aliphatic rings. The Hall–Kier alpha value is -3.47. The Bertz CT molecular complexity index is 1210. The molecule has 1 N–H and O–H groups in total. The number of hydrogen-bond acceptors (Lipinski definition) is 8. The molecule has 2 atom stereocenters. The molecule has 1 aromatic heterocycles. The van der Waals surface area contributed by atoms with E-state index in [4.69, 9.17) is 9.47 Å². The van der Waals surface area contributed by atoms with Crippen molar-refractivity contribution in [1.82, 2.24) is 19.8 Å². The summed E-state index contributed by atoms with van der Waals surface area (Å²) in [5.41, 5.74) is 1.04. The van der Waals surface area contributed by atoms with E-state index in [1.807, 2.05) is 53.7 Å². The number of anilines is 2. The highest BCUT2D eigenvalue weighted by atomic mass is 19.1. The summed E-state index contributed by atoms with van der Waals surface area (Å²) in [5.74, 6) is -0.484. The number of ether oxygens (including phenoxy) is 2. The Kier molecular flexibility index (Phi) is 8.53. The van der Waals surface area contributed by atoms with Gasteiger partial charge in [0.25, 0.3) is 0 Å². The van der Waals surface area contributed by atoms with Gasteiger partial charge in [-0.25, -0.2) is 9.59 Å². The molecule has 218 valence electrons. The van der Waals surface area contributed by atoms with E-state index in [1.54, 1.807) is 4.90 Å². The van der Waals surface area contributed by atoms with Gasteiger partial charge in [0.2, 0.25) is 11.9 Å². The van der Waals surface area contributed by atoms with Crippen LogP contribution in [0.25, 0.3) is 0 Å². The van der Waals surface area contributed by atoms with Gasteiger partial charge in [-0.05, 0) is 59.1 Å². The Balaban J connectivity index is 1.40. The van der Waals surface area contributed by atoms with Gasteiger partial charge in [0, 0.05) is 38.3 Å². The van der Waals surface area contributed by atoms with E-state index in [0.717, 1.165) is 31.1 Å². The first kappa shape index (κ1) is 29.5. The van der Waals surface area contributed by atoms with Crippen molar-refractivity contribution in [2.24, 2.45) is 0 Å². The zero-order chi connectivity index (χ0) is 29.2. The zero-order valence-corrected chi connectivity index (χ0v) is 24.5. The topological polar surface area (TPSA) is 100 Å². The number of carbonyl (C=O) groups is 2. The van der Waals surface area contributed by atoms with Crippen LogP contribution in [-0.4, -0.2) is 75.9 Å². The molecule has 1 unspecified atom stereocenters. The van der Waals surface area contributed by atoms with Gasteiger partial charge in [-0.3, -0.25) is 9.80 Å². The maximum absolute atomic E-state index is 14.4. The largest absolute Gasteiger partial charge is 0.447 e. The van der Waals surface area contributed by atoms with Gasteiger partial charge in [-0.2, -0.15) is 14.4 Å². The van der Waals surface area contributed by atoms with E-state index in [0.29, 0.717) is 13.1 Å². The third-order valence-corrected chi connectivity index (χ3v) is 7.21. The van der Waals surface area contributed by atoms with Gasteiger partial charge in [0.1, 0.15) is 18.0 Å². The first-order valence-electron chi connectivity index (χ1n) is 13.9. The molecule has 2 aromatic rings. The van der Waals surface area contributed by atoms with Crippen LogP contribution in [0.4, 0.5) is 25.7 Å². The van der Waals surface area contributed by atoms with Crippen molar-refractivity contribution in [2.75, 3.05) is 43.0 Å². The second-order valence-corrected chi connectivity index (χ2v) is 12.0. The van der Waals surface area contributed by atoms with Crippen molar-refractivity contribution >= 4 is 24.0 Å². The first-order chi connectivity index (χ1) is 18.8. The monoisotopic (exact) mass is 556 g/mol. The summed E-state index contributed by atoms with van der Waals surface area (Å²) in [6.07, 6.45) is 0.119. The summed E-state index contributed by atoms with van der Waals surface area (Å²) in [5, 5.41) is 3.16. The van der Waals surface area contributed by atoms with Crippen LogP contribution in [0.2, 0.25) is 0 Å². The number of rotatable bonds is 7. The van der Waals surface area contributed by atoms with Crippen LogP contribution in [0.3, 0.4) is 0 Å². The van der Waals surface area contributed by atoms with Gasteiger partial charge in [0.15, 0.2) is 0 Å². The molecule has 11 heteroatoms. The van der Waals surface area contributed by atoms with Gasteiger partial charge in [0.05, 0.1) is 11.6 Å². The summed E-state index contributed by atoms with van der Waals surface area (Å²) in [6, 6.07) is 9.49. The minimum Gasteiger partial charge on any atom is -0.447 e. The fraction of sp³-hybridized carbons (Fsp3) is 0.586. The molecule has 3 heterocycles. The molecule has 0 aliphatic carbocycles. The molecule has 2 saturated heterocycles. The van der Waals surface area contributed by atoms with Crippen LogP contribution < -0.4 is 10.2 Å². The minimum atomic E-state index is -0.733. The van der Waals surface area contributed by atoms with Crippen LogP contribution >= 0.6 is 0 Å². The van der Waals surface area contributed by atoms with Crippen LogP contribution in [0, 0.1) is 5.95 Å². The molecule has 0 radical (unpaired) electrons. The summed E-state index contributed by atoms with van der Waals surface area (Å²) in [6.45, 7) is 16.4. The Morgan fingerprint density at radius 3 is 2.30 bits per heavy atom. The predicted molar refractivity (Wildman–Crippen MR) is 151 cm³/mol. The lowest BCUT2D eigenvalue weighted by molar-refractivity contribution is 0.00997. The fourth-order valence-electron chi connectivity index (χ4n) is 5.13. The van der Waals surface area contributed by atoms with Crippen molar-refractivity contribution in [1.29, 1.82) is 0 Å². The van der Waals surface area contributed by atoms with E-state index in [-0.39, 0.29) is 36.6 Å². The molecule has 4 rings (SSSR count). The summed E-state index contributed by atoms with van der Waals surface area (Å²) < 4.78 is 25.1. The third-order valence-electron chi connectivity index (χ3n) is 7.21. The number of benzene rings is 1. The highest BCUT2D eigenvalue weighted by Crippen LogP contribution is 2.31. The van der Waals surface area contributed by atoms with E-state index >= 15 is 0 Å². The van der Waals surface area contributed by atoms with E-state index in [9.17, 15) is 14.0 Å². The predicted octanol–water partition coefficient (Wildman–Crippen LogP) is 5.53. The Labute approximate surface area is 235 Å². The maximum atomic E-state index is 14.4. The molecule has 40 heavy (non-hydrogen) atoms. The van der Waals surface area contributed by atoms with Crippen LogP contribution in [0.1, 0.15) is 78.1 Å². The summed E-state index contributed by atoms with van der Waals surface area (Å²) in [4.78, 5) is 38.5. The number of nitrogens with one attached hydrogen (secondary N) is 1. The first-order valence-corrected chi connectivity index (χ1v) is 13.9. The fourth-order valence-corrected chi connectivity index (χ4v) is 5.13. The quantitative estimate of drug-likeness (QED) is 0.445. The SMILES string of the molecule is CCC(c1ccc([C@H](C)Nc2nc(F)cc(N3C(=O)OCC3(C)C)n2)cc1)N1CCN(C(=O)OC(C)(C)C)CC1. The van der Waals surface area contributed by atoms with Gasteiger partial charge in [-0.15, -0.1) is 0 Å². The number of aromatic nitrogens is 2. The molecule has 0 saturated carbocycles. The van der Waals surface area contributed by atoms with Crippen molar-refractivity contribution in [2.45, 2.75) is 78.1 Å². The van der Waals surface area contributed by atoms with Crippen molar-refractivity contribution < 1.29 is 23.5 Å². The number of halogens is 1. The Morgan fingerprint density at radius 2 is 1.75 bits per heavy atom. The number of hydrogen-bond donors (Lipinski definition) is 1. The number of nitrogens with zero attached hydrogens (tertiary/aromatic N) is 5. The van der Waals surface area contributed by atoms with Crippen molar-refractivity contribution in [3.05, 3.63) is 47.4 Å². The van der Waals surface area contributed by atoms with Gasteiger partial charge < -0.3 is 19.7 Å². The van der Waals surface area contributed by atoms with E-state index < -0.39 is 23.2 Å². The Morgan fingerprint density at radius 1 is 1.12 bits per heavy atom. The molecule has 2 amide bonds. The van der Waals surface area contributed by atoms with E-state index in [2.05, 4.69) is 39.2 Å². The van der Waals surface area contributed by atoms with E-state index in [1.165, 1.54) is 10.5 Å².